The Balaban J connectivity index is 2.72. The minimum atomic E-state index is -2.22. The predicted octanol–water partition coefficient (Wildman–Crippen LogP) is 2.35. The van der Waals surface area contributed by atoms with Gasteiger partial charge in [-0.2, -0.15) is 0 Å². The molecular formula is C13H29NO3Si. The molecule has 1 heterocycles. The molecule has 0 radical (unpaired) electrons. The van der Waals surface area contributed by atoms with Crippen LogP contribution >= 0.6 is 0 Å². The summed E-state index contributed by atoms with van der Waals surface area (Å²) in [4.78, 5) is 0. The summed E-state index contributed by atoms with van der Waals surface area (Å²) in [6, 6.07) is 1.05. The van der Waals surface area contributed by atoms with Crippen LogP contribution in [-0.2, 0) is 13.6 Å². The summed E-state index contributed by atoms with van der Waals surface area (Å²) in [6.45, 7) is 0.775. The minimum Gasteiger partial charge on any atom is -0.396 e. The van der Waals surface area contributed by atoms with Crippen LogP contribution in [0.2, 0.25) is 6.04 Å². The monoisotopic (exact) mass is 275 g/mol. The number of nitrogens with two attached hydrogens (primary N) is 1. The molecule has 1 unspecified atom stereocenters. The maximum atomic E-state index is 5.94. The fourth-order valence-electron chi connectivity index (χ4n) is 3.25. The lowest BCUT2D eigenvalue weighted by Crippen LogP contribution is -2.64. The summed E-state index contributed by atoms with van der Waals surface area (Å²) in [7, 11) is 3.16. The third-order valence-corrected chi connectivity index (χ3v) is 8.79. The van der Waals surface area contributed by atoms with E-state index in [1.54, 1.807) is 14.2 Å². The summed E-state index contributed by atoms with van der Waals surface area (Å²) in [6.07, 6.45) is 7.92. The Labute approximate surface area is 112 Å². The number of methoxy groups -OCH3 is 1. The van der Waals surface area contributed by atoms with E-state index < -0.39 is 8.56 Å². The van der Waals surface area contributed by atoms with Gasteiger partial charge in [-0.3, -0.25) is 0 Å². The van der Waals surface area contributed by atoms with Gasteiger partial charge < -0.3 is 19.3 Å². The maximum absolute atomic E-state index is 5.94. The van der Waals surface area contributed by atoms with Crippen LogP contribution in [0.4, 0.5) is 0 Å². The molecule has 4 nitrogen and oxygen atoms in total. The highest BCUT2D eigenvalue weighted by Crippen LogP contribution is 2.42. The Bertz CT molecular complexity index is 236. The fraction of sp³-hybridized carbons (Fsp3) is 1.00. The second-order valence-electron chi connectivity index (χ2n) is 5.17. The molecule has 0 amide bonds. The molecule has 0 aromatic heterocycles. The molecule has 0 aromatic carbocycles. The number of rotatable bonds is 8. The smallest absolute Gasteiger partial charge is 0.370 e. The van der Waals surface area contributed by atoms with Gasteiger partial charge in [0.2, 0.25) is 0 Å². The van der Waals surface area contributed by atoms with Crippen molar-refractivity contribution in [2.75, 3.05) is 27.9 Å². The minimum absolute atomic E-state index is 0.163. The summed E-state index contributed by atoms with van der Waals surface area (Å²) in [5, 5.41) is -0.163. The van der Waals surface area contributed by atoms with Crippen molar-refractivity contribution >= 4 is 8.56 Å². The van der Waals surface area contributed by atoms with E-state index in [1.165, 1.54) is 19.3 Å². The molecule has 18 heavy (non-hydrogen) atoms. The largest absolute Gasteiger partial charge is 0.396 e. The molecule has 1 aliphatic heterocycles. The van der Waals surface area contributed by atoms with E-state index in [9.17, 15) is 0 Å². The van der Waals surface area contributed by atoms with Crippen LogP contribution in [0.3, 0.4) is 0 Å². The summed E-state index contributed by atoms with van der Waals surface area (Å²) in [5.74, 6) is 0. The number of ether oxygens (including phenoxy) is 1. The van der Waals surface area contributed by atoms with Gasteiger partial charge in [0.15, 0.2) is 0 Å². The van der Waals surface area contributed by atoms with Gasteiger partial charge in [-0.25, -0.2) is 0 Å². The molecule has 1 saturated heterocycles. The topological polar surface area (TPSA) is 53.7 Å². The van der Waals surface area contributed by atoms with Crippen LogP contribution in [0, 0.1) is 0 Å². The number of hydrogen-bond donors (Lipinski definition) is 1. The van der Waals surface area contributed by atoms with Gasteiger partial charge in [-0.1, -0.05) is 25.7 Å². The van der Waals surface area contributed by atoms with Crippen LogP contribution in [0.15, 0.2) is 0 Å². The van der Waals surface area contributed by atoms with Crippen molar-refractivity contribution in [1.29, 1.82) is 0 Å². The van der Waals surface area contributed by atoms with Crippen molar-refractivity contribution in [3.63, 3.8) is 0 Å². The molecule has 0 aromatic rings. The third-order valence-electron chi connectivity index (χ3n) is 4.37. The van der Waals surface area contributed by atoms with Crippen LogP contribution < -0.4 is 5.73 Å². The van der Waals surface area contributed by atoms with Crippen molar-refractivity contribution in [3.8, 4) is 0 Å². The molecule has 108 valence electrons. The van der Waals surface area contributed by atoms with E-state index in [0.717, 1.165) is 38.3 Å². The van der Waals surface area contributed by atoms with Gasteiger partial charge in [0.05, 0.1) is 0 Å². The van der Waals surface area contributed by atoms with Crippen LogP contribution in [0.1, 0.15) is 44.9 Å². The highest BCUT2D eigenvalue weighted by molar-refractivity contribution is 6.70. The first-order chi connectivity index (χ1) is 8.70. The summed E-state index contributed by atoms with van der Waals surface area (Å²) in [5.41, 5.74) is 5.55. The van der Waals surface area contributed by atoms with E-state index in [4.69, 9.17) is 19.3 Å². The molecule has 1 aliphatic rings. The van der Waals surface area contributed by atoms with Crippen molar-refractivity contribution in [3.05, 3.63) is 0 Å². The Morgan fingerprint density at radius 3 is 2.33 bits per heavy atom. The fourth-order valence-corrected chi connectivity index (χ4v) is 7.17. The van der Waals surface area contributed by atoms with Gasteiger partial charge in [-0.15, -0.1) is 0 Å². The zero-order chi connectivity index (χ0) is 13.5. The quantitative estimate of drug-likeness (QED) is 0.546. The first-order valence-electron chi connectivity index (χ1n) is 7.06. The molecule has 0 spiro atoms. The van der Waals surface area contributed by atoms with Gasteiger partial charge in [-0.05, 0) is 31.9 Å². The molecule has 0 aliphatic carbocycles. The van der Waals surface area contributed by atoms with Crippen molar-refractivity contribution in [1.82, 2.24) is 0 Å². The second kappa shape index (κ2) is 7.60. The zero-order valence-electron chi connectivity index (χ0n) is 12.2. The molecular weight excluding hydrogens is 246 g/mol. The van der Waals surface area contributed by atoms with Gasteiger partial charge in [0.25, 0.3) is 0 Å². The SMILES string of the molecule is COC1(CCCCCN)CCCC[Si]1(OC)OC. The molecule has 1 fully saturated rings. The van der Waals surface area contributed by atoms with Crippen molar-refractivity contribution in [2.24, 2.45) is 5.73 Å². The van der Waals surface area contributed by atoms with Crippen LogP contribution in [0.5, 0.6) is 0 Å². The molecule has 0 saturated carbocycles. The molecule has 0 bridgehead atoms. The summed E-state index contributed by atoms with van der Waals surface area (Å²) >= 11 is 0. The molecule has 1 rings (SSSR count). The second-order valence-corrected chi connectivity index (χ2v) is 8.90. The average Bonchev–Trinajstić information content (AvgIpc) is 2.44. The normalized spacial score (nSPS) is 27.3. The van der Waals surface area contributed by atoms with Crippen molar-refractivity contribution in [2.45, 2.75) is 56.2 Å². The van der Waals surface area contributed by atoms with E-state index >= 15 is 0 Å². The number of hydrogen-bond acceptors (Lipinski definition) is 4. The lowest BCUT2D eigenvalue weighted by molar-refractivity contribution is -0.0160. The van der Waals surface area contributed by atoms with Gasteiger partial charge >= 0.3 is 8.56 Å². The first-order valence-corrected chi connectivity index (χ1v) is 9.08. The standard InChI is InChI=1S/C13H29NO3Si/c1-15-13(9-5-4-7-11-14)10-6-8-12-18(13,16-2)17-3/h4-12,14H2,1-3H3. The number of unbranched alkanes of at least 4 members (excludes halogenated alkanes) is 2. The predicted molar refractivity (Wildman–Crippen MR) is 75.7 cm³/mol. The van der Waals surface area contributed by atoms with Crippen molar-refractivity contribution < 1.29 is 13.6 Å². The Hall–Kier alpha value is 0.0569. The van der Waals surface area contributed by atoms with Crippen LogP contribution in [0.25, 0.3) is 0 Å². The highest BCUT2D eigenvalue weighted by atomic mass is 28.4. The Morgan fingerprint density at radius 2 is 1.78 bits per heavy atom. The van der Waals surface area contributed by atoms with Gasteiger partial charge in [0, 0.05) is 21.3 Å². The lowest BCUT2D eigenvalue weighted by Gasteiger charge is -2.48. The highest BCUT2D eigenvalue weighted by Gasteiger charge is 2.58. The molecule has 1 atom stereocenters. The third kappa shape index (κ3) is 3.14. The van der Waals surface area contributed by atoms with Crippen LogP contribution in [-0.4, -0.2) is 41.7 Å². The Morgan fingerprint density at radius 1 is 1.06 bits per heavy atom. The zero-order valence-corrected chi connectivity index (χ0v) is 13.2. The van der Waals surface area contributed by atoms with Gasteiger partial charge in [0.1, 0.15) is 5.22 Å². The lowest BCUT2D eigenvalue weighted by atomic mass is 10.0. The average molecular weight is 275 g/mol. The maximum Gasteiger partial charge on any atom is 0.370 e. The first kappa shape index (κ1) is 16.1. The summed E-state index contributed by atoms with van der Waals surface area (Å²) < 4.78 is 17.7. The van der Waals surface area contributed by atoms with E-state index in [1.807, 2.05) is 7.11 Å². The Kier molecular flexibility index (Phi) is 6.80. The van der Waals surface area contributed by atoms with E-state index in [-0.39, 0.29) is 5.22 Å². The van der Waals surface area contributed by atoms with E-state index in [2.05, 4.69) is 0 Å². The van der Waals surface area contributed by atoms with E-state index in [0.29, 0.717) is 0 Å². The molecule has 2 N–H and O–H groups in total. The molecule has 5 heteroatoms.